The van der Waals surface area contributed by atoms with Crippen LogP contribution in [0, 0.1) is 0 Å². The Morgan fingerprint density at radius 2 is 1.32 bits per heavy atom. The molecule has 0 amide bonds. The van der Waals surface area contributed by atoms with Crippen molar-refractivity contribution >= 4 is 5.78 Å². The monoisotopic (exact) mass is 369 g/mol. The van der Waals surface area contributed by atoms with Crippen molar-refractivity contribution in [2.75, 3.05) is 6.54 Å². The van der Waals surface area contributed by atoms with E-state index in [0.29, 0.717) is 6.54 Å². The van der Waals surface area contributed by atoms with Gasteiger partial charge in [0.05, 0.1) is 0 Å². The van der Waals surface area contributed by atoms with Crippen molar-refractivity contribution in [1.82, 2.24) is 10.6 Å². The van der Waals surface area contributed by atoms with Gasteiger partial charge in [0.15, 0.2) is 5.78 Å². The van der Waals surface area contributed by atoms with E-state index in [9.17, 15) is 4.79 Å². The molecule has 3 heteroatoms. The number of carbonyl (C=O) groups excluding carboxylic acids is 1. The van der Waals surface area contributed by atoms with E-state index in [1.165, 1.54) is 11.1 Å². The van der Waals surface area contributed by atoms with Gasteiger partial charge >= 0.3 is 0 Å². The van der Waals surface area contributed by atoms with E-state index in [2.05, 4.69) is 41.7 Å². The van der Waals surface area contributed by atoms with Crippen LogP contribution in [0.15, 0.2) is 91.0 Å². The molecule has 4 rings (SSSR count). The highest BCUT2D eigenvalue weighted by atomic mass is 16.1. The first-order valence-corrected chi connectivity index (χ1v) is 9.89. The van der Waals surface area contributed by atoms with E-state index < -0.39 is 0 Å². The quantitative estimate of drug-likeness (QED) is 0.674. The molecular weight excluding hydrogens is 344 g/mol. The molecule has 28 heavy (non-hydrogen) atoms. The van der Waals surface area contributed by atoms with Crippen LogP contribution in [-0.2, 0) is 12.8 Å². The van der Waals surface area contributed by atoms with Gasteiger partial charge in [-0.1, -0.05) is 91.0 Å². The molecule has 3 nitrogen and oxygen atoms in total. The Kier molecular flexibility index (Phi) is 5.95. The third-order valence-corrected chi connectivity index (χ3v) is 5.30. The third kappa shape index (κ3) is 4.56. The normalized spacial score (nSPS) is 21.9. The lowest BCUT2D eigenvalue weighted by molar-refractivity contribution is 0.0887. The van der Waals surface area contributed by atoms with Crippen molar-refractivity contribution < 1.29 is 4.79 Å². The van der Waals surface area contributed by atoms with Gasteiger partial charge < -0.3 is 5.32 Å². The molecule has 0 aromatic heterocycles. The highest BCUT2D eigenvalue weighted by Gasteiger charge is 2.35. The average molecular weight is 369 g/mol. The fourth-order valence-corrected chi connectivity index (χ4v) is 3.91. The number of hydrogen-bond donors (Lipinski definition) is 1. The van der Waals surface area contributed by atoms with E-state index in [0.717, 1.165) is 18.4 Å². The average Bonchev–Trinajstić information content (AvgIpc) is 2.76. The second kappa shape index (κ2) is 8.96. The predicted molar refractivity (Wildman–Crippen MR) is 113 cm³/mol. The zero-order valence-electron chi connectivity index (χ0n) is 15.9. The summed E-state index contributed by atoms with van der Waals surface area (Å²) in [6.45, 7) is 0.656. The number of rotatable bonds is 6. The van der Waals surface area contributed by atoms with E-state index >= 15 is 0 Å². The summed E-state index contributed by atoms with van der Waals surface area (Å²) < 4.78 is 0. The Hall–Kier alpha value is -2.75. The first-order valence-electron chi connectivity index (χ1n) is 9.89. The maximum Gasteiger partial charge on any atom is 0.182 e. The SMILES string of the molecule is O=C(c1ccccc1)C1[N]CC(Cc2ccccc2)NC1Cc1ccccc1. The van der Waals surface area contributed by atoms with Gasteiger partial charge in [0, 0.05) is 24.2 Å². The molecule has 3 atom stereocenters. The van der Waals surface area contributed by atoms with E-state index in [-0.39, 0.29) is 23.9 Å². The topological polar surface area (TPSA) is 43.2 Å². The molecule has 1 saturated heterocycles. The van der Waals surface area contributed by atoms with Crippen LogP contribution < -0.4 is 10.6 Å². The molecule has 0 bridgehead atoms. The standard InChI is InChI=1S/C25H25N2O/c28-25(21-14-8-3-9-15-21)24-23(17-20-12-6-2-7-13-20)27-22(18-26-24)16-19-10-4-1-5-11-19/h1-15,22-24,27H,16-18H2. The summed E-state index contributed by atoms with van der Waals surface area (Å²) in [6, 6.07) is 30.2. The first kappa shape index (κ1) is 18.6. The number of ketones is 1. The fraction of sp³-hybridized carbons (Fsp3) is 0.240. The van der Waals surface area contributed by atoms with Crippen LogP contribution in [0.1, 0.15) is 21.5 Å². The van der Waals surface area contributed by atoms with Crippen LogP contribution in [0.2, 0.25) is 0 Å². The molecule has 3 unspecified atom stereocenters. The molecule has 1 radical (unpaired) electrons. The van der Waals surface area contributed by atoms with Crippen molar-refractivity contribution in [1.29, 1.82) is 0 Å². The van der Waals surface area contributed by atoms with Crippen molar-refractivity contribution in [3.8, 4) is 0 Å². The zero-order valence-corrected chi connectivity index (χ0v) is 15.9. The Labute approximate surface area is 166 Å². The van der Waals surface area contributed by atoms with Gasteiger partial charge in [0.25, 0.3) is 0 Å². The molecule has 0 aliphatic carbocycles. The second-order valence-corrected chi connectivity index (χ2v) is 7.39. The highest BCUT2D eigenvalue weighted by Crippen LogP contribution is 2.17. The molecular formula is C25H25N2O. The summed E-state index contributed by atoms with van der Waals surface area (Å²) in [6.07, 6.45) is 1.71. The molecule has 1 aliphatic heterocycles. The van der Waals surface area contributed by atoms with Crippen molar-refractivity contribution in [2.24, 2.45) is 0 Å². The van der Waals surface area contributed by atoms with Crippen LogP contribution in [0.3, 0.4) is 0 Å². The minimum absolute atomic E-state index is 0.00225. The van der Waals surface area contributed by atoms with Crippen LogP contribution in [0.4, 0.5) is 0 Å². The molecule has 0 saturated carbocycles. The number of carbonyl (C=O) groups is 1. The smallest absolute Gasteiger partial charge is 0.182 e. The largest absolute Gasteiger partial charge is 0.307 e. The Morgan fingerprint density at radius 1 is 0.786 bits per heavy atom. The van der Waals surface area contributed by atoms with Gasteiger partial charge in [-0.15, -0.1) is 0 Å². The van der Waals surface area contributed by atoms with Gasteiger partial charge in [-0.05, 0) is 24.0 Å². The van der Waals surface area contributed by atoms with Gasteiger partial charge in [-0.3, -0.25) is 4.79 Å². The van der Waals surface area contributed by atoms with Crippen LogP contribution in [0.5, 0.6) is 0 Å². The van der Waals surface area contributed by atoms with Gasteiger partial charge in [-0.2, -0.15) is 0 Å². The molecule has 0 spiro atoms. The van der Waals surface area contributed by atoms with Crippen molar-refractivity contribution in [3.05, 3.63) is 108 Å². The summed E-state index contributed by atoms with van der Waals surface area (Å²) in [5.41, 5.74) is 3.25. The lowest BCUT2D eigenvalue weighted by Gasteiger charge is -2.37. The number of nitrogens with one attached hydrogen (secondary N) is 1. The lowest BCUT2D eigenvalue weighted by Crippen LogP contribution is -2.61. The maximum atomic E-state index is 13.1. The molecule has 3 aromatic rings. The summed E-state index contributed by atoms with van der Waals surface area (Å²) in [4.78, 5) is 13.1. The second-order valence-electron chi connectivity index (χ2n) is 7.39. The minimum Gasteiger partial charge on any atom is -0.307 e. The molecule has 1 N–H and O–H groups in total. The van der Waals surface area contributed by atoms with E-state index in [4.69, 9.17) is 5.32 Å². The van der Waals surface area contributed by atoms with Gasteiger partial charge in [0.1, 0.15) is 6.04 Å². The Balaban J connectivity index is 1.53. The van der Waals surface area contributed by atoms with Gasteiger partial charge in [0.2, 0.25) is 0 Å². The Bertz CT molecular complexity index is 880. The molecule has 1 fully saturated rings. The summed E-state index contributed by atoms with van der Waals surface area (Å²) in [7, 11) is 0. The van der Waals surface area contributed by atoms with E-state index in [1.54, 1.807) is 0 Å². The number of hydrogen-bond acceptors (Lipinski definition) is 2. The van der Waals surface area contributed by atoms with Crippen LogP contribution in [0.25, 0.3) is 0 Å². The summed E-state index contributed by atoms with van der Waals surface area (Å²) >= 11 is 0. The number of benzene rings is 3. The third-order valence-electron chi connectivity index (χ3n) is 5.30. The summed E-state index contributed by atoms with van der Waals surface area (Å²) in [5.74, 6) is 0.104. The van der Waals surface area contributed by atoms with Crippen LogP contribution >= 0.6 is 0 Å². The molecule has 1 aliphatic rings. The van der Waals surface area contributed by atoms with Crippen molar-refractivity contribution in [3.63, 3.8) is 0 Å². The van der Waals surface area contributed by atoms with E-state index in [1.807, 2.05) is 54.6 Å². The number of Topliss-reactive ketones (excluding diaryl/α,β-unsaturated/α-hetero) is 1. The number of piperazine rings is 1. The minimum atomic E-state index is -0.352. The Morgan fingerprint density at radius 3 is 1.93 bits per heavy atom. The van der Waals surface area contributed by atoms with Crippen molar-refractivity contribution in [2.45, 2.75) is 31.0 Å². The highest BCUT2D eigenvalue weighted by molar-refractivity contribution is 6.00. The zero-order chi connectivity index (χ0) is 19.2. The fourth-order valence-electron chi connectivity index (χ4n) is 3.91. The molecule has 141 valence electrons. The first-order chi connectivity index (χ1) is 13.8. The maximum absolute atomic E-state index is 13.1. The molecule has 1 heterocycles. The van der Waals surface area contributed by atoms with Crippen LogP contribution in [-0.4, -0.2) is 30.5 Å². The molecule has 3 aromatic carbocycles. The summed E-state index contributed by atoms with van der Waals surface area (Å²) in [5, 5.41) is 8.59. The van der Waals surface area contributed by atoms with Gasteiger partial charge in [-0.25, -0.2) is 5.32 Å². The lowest BCUT2D eigenvalue weighted by atomic mass is 9.89. The predicted octanol–water partition coefficient (Wildman–Crippen LogP) is 3.67. The number of nitrogens with zero attached hydrogens (tertiary/aromatic N) is 1.